The molecule has 0 unspecified atom stereocenters. The van der Waals surface area contributed by atoms with Crippen molar-refractivity contribution < 1.29 is 5.21 Å². The average molecular weight is 185 g/mol. The lowest BCUT2D eigenvalue weighted by atomic mass is 10.1. The molecule has 0 fully saturated rings. The summed E-state index contributed by atoms with van der Waals surface area (Å²) in [5, 5.41) is 18.4. The van der Waals surface area contributed by atoms with E-state index in [9.17, 15) is 0 Å². The van der Waals surface area contributed by atoms with Crippen LogP contribution in [0.1, 0.15) is 5.56 Å². The zero-order valence-corrected chi connectivity index (χ0v) is 7.23. The van der Waals surface area contributed by atoms with Crippen LogP contribution in [0.5, 0.6) is 0 Å². The molecule has 0 aliphatic rings. The lowest BCUT2D eigenvalue weighted by Gasteiger charge is -2.05. The van der Waals surface area contributed by atoms with Crippen molar-refractivity contribution in [2.75, 3.05) is 5.48 Å². The number of aromatic nitrogens is 1. The molecule has 0 amide bonds. The number of rotatable bonds is 1. The van der Waals surface area contributed by atoms with Gasteiger partial charge in [-0.1, -0.05) is 18.2 Å². The monoisotopic (exact) mass is 185 g/mol. The molecule has 68 valence electrons. The van der Waals surface area contributed by atoms with Crippen molar-refractivity contribution in [1.29, 1.82) is 5.26 Å². The van der Waals surface area contributed by atoms with Gasteiger partial charge in [-0.05, 0) is 6.07 Å². The summed E-state index contributed by atoms with van der Waals surface area (Å²) in [7, 11) is 0. The van der Waals surface area contributed by atoms with Crippen LogP contribution in [0.15, 0.2) is 30.5 Å². The molecule has 14 heavy (non-hydrogen) atoms. The Kier molecular flexibility index (Phi) is 2.01. The van der Waals surface area contributed by atoms with Crippen molar-refractivity contribution in [3.05, 3.63) is 36.0 Å². The van der Waals surface area contributed by atoms with Crippen molar-refractivity contribution in [2.24, 2.45) is 0 Å². The van der Waals surface area contributed by atoms with Crippen molar-refractivity contribution in [3.63, 3.8) is 0 Å². The summed E-state index contributed by atoms with van der Waals surface area (Å²) in [6.45, 7) is 0. The molecule has 2 N–H and O–H groups in total. The highest BCUT2D eigenvalue weighted by Gasteiger charge is 2.06. The van der Waals surface area contributed by atoms with Crippen LogP contribution in [-0.4, -0.2) is 10.2 Å². The molecule has 4 nitrogen and oxygen atoms in total. The summed E-state index contributed by atoms with van der Waals surface area (Å²) in [4.78, 5) is 4.09. The molecule has 0 spiro atoms. The zero-order chi connectivity index (χ0) is 9.97. The normalized spacial score (nSPS) is 9.71. The second kappa shape index (κ2) is 3.32. The summed E-state index contributed by atoms with van der Waals surface area (Å²) in [6, 6.07) is 9.24. The summed E-state index contributed by atoms with van der Waals surface area (Å²) < 4.78 is 0. The fourth-order valence-electron chi connectivity index (χ4n) is 1.35. The van der Waals surface area contributed by atoms with Crippen LogP contribution in [0, 0.1) is 11.3 Å². The first-order chi connectivity index (χ1) is 6.86. The summed E-state index contributed by atoms with van der Waals surface area (Å²) in [5.74, 6) is 0. The van der Waals surface area contributed by atoms with Gasteiger partial charge in [0.25, 0.3) is 0 Å². The molecule has 0 saturated heterocycles. The number of benzene rings is 1. The first-order valence-corrected chi connectivity index (χ1v) is 4.05. The molecule has 0 aliphatic carbocycles. The quantitative estimate of drug-likeness (QED) is 0.666. The van der Waals surface area contributed by atoms with E-state index in [2.05, 4.69) is 4.98 Å². The molecule has 0 bridgehead atoms. The van der Waals surface area contributed by atoms with Gasteiger partial charge in [-0.3, -0.25) is 15.7 Å². The minimum Gasteiger partial charge on any atom is -0.291 e. The first kappa shape index (κ1) is 8.48. The van der Waals surface area contributed by atoms with E-state index in [4.69, 9.17) is 10.5 Å². The number of nitrogens with one attached hydrogen (secondary N) is 1. The number of pyridine rings is 1. The molecule has 0 aliphatic heterocycles. The molecular weight excluding hydrogens is 178 g/mol. The van der Waals surface area contributed by atoms with E-state index < -0.39 is 0 Å². The SMILES string of the molecule is N#Cc1cnc2ccccc2c1NO. The Bertz CT molecular complexity index is 516. The van der Waals surface area contributed by atoms with Gasteiger partial charge in [0, 0.05) is 11.6 Å². The number of hydrogen-bond acceptors (Lipinski definition) is 4. The molecular formula is C10H7N3O. The minimum absolute atomic E-state index is 0.325. The lowest BCUT2D eigenvalue weighted by molar-refractivity contribution is 0.389. The summed E-state index contributed by atoms with van der Waals surface area (Å²) in [6.07, 6.45) is 1.43. The third-order valence-electron chi connectivity index (χ3n) is 2.01. The van der Waals surface area contributed by atoms with Gasteiger partial charge in [0.2, 0.25) is 0 Å². The van der Waals surface area contributed by atoms with Gasteiger partial charge >= 0.3 is 0 Å². The average Bonchev–Trinajstić information content (AvgIpc) is 2.27. The first-order valence-electron chi connectivity index (χ1n) is 4.05. The van der Waals surface area contributed by atoms with E-state index in [0.717, 1.165) is 10.9 Å². The predicted molar refractivity (Wildman–Crippen MR) is 51.9 cm³/mol. The maximum absolute atomic E-state index is 8.92. The molecule has 1 aromatic heterocycles. The Balaban J connectivity index is 2.85. The topological polar surface area (TPSA) is 68.9 Å². The number of fused-ring (bicyclic) bond motifs is 1. The smallest absolute Gasteiger partial charge is 0.103 e. The third-order valence-corrected chi connectivity index (χ3v) is 2.01. The van der Waals surface area contributed by atoms with Crippen LogP contribution >= 0.6 is 0 Å². The highest BCUT2D eigenvalue weighted by molar-refractivity contribution is 5.93. The van der Waals surface area contributed by atoms with Crippen molar-refractivity contribution in [3.8, 4) is 6.07 Å². The summed E-state index contributed by atoms with van der Waals surface area (Å²) >= 11 is 0. The number of para-hydroxylation sites is 1. The van der Waals surface area contributed by atoms with Crippen LogP contribution < -0.4 is 5.48 Å². The Morgan fingerprint density at radius 2 is 2.14 bits per heavy atom. The maximum atomic E-state index is 8.92. The van der Waals surface area contributed by atoms with E-state index in [1.807, 2.05) is 29.7 Å². The highest BCUT2D eigenvalue weighted by atomic mass is 16.5. The van der Waals surface area contributed by atoms with E-state index in [0.29, 0.717) is 11.3 Å². The molecule has 1 heterocycles. The molecule has 2 aromatic rings. The van der Waals surface area contributed by atoms with E-state index >= 15 is 0 Å². The van der Waals surface area contributed by atoms with Crippen LogP contribution in [0.25, 0.3) is 10.9 Å². The van der Waals surface area contributed by atoms with Gasteiger partial charge in [-0.2, -0.15) is 5.26 Å². The maximum Gasteiger partial charge on any atom is 0.103 e. The Morgan fingerprint density at radius 1 is 1.36 bits per heavy atom. The second-order valence-electron chi connectivity index (χ2n) is 2.79. The van der Waals surface area contributed by atoms with Gasteiger partial charge in [0.05, 0.1) is 16.8 Å². The summed E-state index contributed by atoms with van der Waals surface area (Å²) in [5.41, 5.74) is 3.49. The third kappa shape index (κ3) is 1.16. The van der Waals surface area contributed by atoms with Crippen LogP contribution in [0.2, 0.25) is 0 Å². The van der Waals surface area contributed by atoms with Crippen LogP contribution in [0.3, 0.4) is 0 Å². The molecule has 1 aromatic carbocycles. The molecule has 4 heteroatoms. The van der Waals surface area contributed by atoms with Crippen molar-refractivity contribution in [1.82, 2.24) is 4.98 Å². The van der Waals surface area contributed by atoms with Gasteiger partial charge < -0.3 is 0 Å². The fraction of sp³-hybridized carbons (Fsp3) is 0. The Hall–Kier alpha value is -2.12. The Morgan fingerprint density at radius 3 is 2.86 bits per heavy atom. The number of nitrogens with zero attached hydrogens (tertiary/aromatic N) is 2. The van der Waals surface area contributed by atoms with Gasteiger partial charge in [0.1, 0.15) is 6.07 Å². The Labute approximate surface area is 80.4 Å². The number of hydrogen-bond donors (Lipinski definition) is 2. The van der Waals surface area contributed by atoms with Crippen molar-refractivity contribution in [2.45, 2.75) is 0 Å². The number of nitriles is 1. The lowest BCUT2D eigenvalue weighted by Crippen LogP contribution is -1.95. The molecule has 0 atom stereocenters. The highest BCUT2D eigenvalue weighted by Crippen LogP contribution is 2.24. The zero-order valence-electron chi connectivity index (χ0n) is 7.23. The largest absolute Gasteiger partial charge is 0.291 e. The van der Waals surface area contributed by atoms with E-state index in [-0.39, 0.29) is 0 Å². The van der Waals surface area contributed by atoms with Gasteiger partial charge in [-0.15, -0.1) is 0 Å². The standard InChI is InChI=1S/C10H7N3O/c11-5-7-6-12-9-4-2-1-3-8(9)10(7)13-14/h1-4,6,14H,(H,12,13). The van der Waals surface area contributed by atoms with E-state index in [1.54, 1.807) is 6.07 Å². The van der Waals surface area contributed by atoms with Crippen LogP contribution in [-0.2, 0) is 0 Å². The second-order valence-corrected chi connectivity index (χ2v) is 2.79. The van der Waals surface area contributed by atoms with E-state index in [1.165, 1.54) is 6.20 Å². The van der Waals surface area contributed by atoms with Gasteiger partial charge in [-0.25, -0.2) is 0 Å². The predicted octanol–water partition coefficient (Wildman–Crippen LogP) is 1.91. The minimum atomic E-state index is 0.325. The van der Waals surface area contributed by atoms with Crippen molar-refractivity contribution >= 4 is 16.6 Å². The molecule has 2 rings (SSSR count). The van der Waals surface area contributed by atoms with Crippen LogP contribution in [0.4, 0.5) is 5.69 Å². The molecule has 0 saturated carbocycles. The fourth-order valence-corrected chi connectivity index (χ4v) is 1.35. The number of anilines is 1. The van der Waals surface area contributed by atoms with Gasteiger partial charge in [0.15, 0.2) is 0 Å². The molecule has 0 radical (unpaired) electrons.